The summed E-state index contributed by atoms with van der Waals surface area (Å²) < 4.78 is 0. The Morgan fingerprint density at radius 3 is 2.40 bits per heavy atom. The number of carboxylic acids is 1. The van der Waals surface area contributed by atoms with Crippen molar-refractivity contribution in [1.82, 2.24) is 5.32 Å². The molecule has 2 saturated carbocycles. The first-order valence-electron chi connectivity index (χ1n) is 7.73. The maximum atomic E-state index is 10.8. The Morgan fingerprint density at radius 2 is 1.80 bits per heavy atom. The first kappa shape index (κ1) is 13.6. The molecule has 0 heterocycles. The highest BCUT2D eigenvalue weighted by Crippen LogP contribution is 2.51. The molecule has 0 saturated heterocycles. The van der Waals surface area contributed by atoms with Gasteiger partial charge in [-0.2, -0.15) is 0 Å². The minimum absolute atomic E-state index is 0.360. The zero-order valence-corrected chi connectivity index (χ0v) is 11.9. The predicted molar refractivity (Wildman–Crippen MR) is 78.8 cm³/mol. The van der Waals surface area contributed by atoms with E-state index in [2.05, 4.69) is 5.32 Å². The Hall–Kier alpha value is -1.35. The number of rotatable bonds is 4. The van der Waals surface area contributed by atoms with Gasteiger partial charge in [0, 0.05) is 12.6 Å². The summed E-state index contributed by atoms with van der Waals surface area (Å²) in [4.78, 5) is 10.8. The molecule has 2 N–H and O–H groups in total. The largest absolute Gasteiger partial charge is 0.478 e. The number of carbonyl (C=O) groups is 1. The zero-order valence-electron chi connectivity index (χ0n) is 11.9. The van der Waals surface area contributed by atoms with Crippen molar-refractivity contribution in [2.75, 3.05) is 0 Å². The normalized spacial score (nSPS) is 21.6. The molecule has 0 aromatic heterocycles. The van der Waals surface area contributed by atoms with Crippen LogP contribution in [0, 0.1) is 5.41 Å². The molecular weight excluding hydrogens is 250 g/mol. The van der Waals surface area contributed by atoms with Crippen molar-refractivity contribution in [1.29, 1.82) is 0 Å². The number of hydrogen-bond acceptors (Lipinski definition) is 2. The number of benzene rings is 1. The average Bonchev–Trinajstić information content (AvgIpc) is 2.44. The molecular formula is C17H23NO2. The highest BCUT2D eigenvalue weighted by Gasteiger charge is 2.43. The van der Waals surface area contributed by atoms with Gasteiger partial charge in [-0.3, -0.25) is 0 Å². The number of hydrogen-bond donors (Lipinski definition) is 2. The van der Waals surface area contributed by atoms with E-state index in [0.717, 1.165) is 6.54 Å². The fourth-order valence-corrected chi connectivity index (χ4v) is 3.87. The van der Waals surface area contributed by atoms with Crippen LogP contribution in [0.5, 0.6) is 0 Å². The molecule has 0 radical (unpaired) electrons. The van der Waals surface area contributed by atoms with Gasteiger partial charge in [0.2, 0.25) is 0 Å². The van der Waals surface area contributed by atoms with E-state index in [1.165, 1.54) is 50.5 Å². The van der Waals surface area contributed by atoms with Gasteiger partial charge in [-0.15, -0.1) is 0 Å². The van der Waals surface area contributed by atoms with E-state index in [-0.39, 0.29) is 0 Å². The second kappa shape index (κ2) is 5.57. The first-order valence-corrected chi connectivity index (χ1v) is 7.73. The van der Waals surface area contributed by atoms with Crippen LogP contribution in [0.1, 0.15) is 60.9 Å². The minimum Gasteiger partial charge on any atom is -0.478 e. The van der Waals surface area contributed by atoms with E-state index in [4.69, 9.17) is 5.11 Å². The second-order valence-electron chi connectivity index (χ2n) is 6.55. The van der Waals surface area contributed by atoms with Gasteiger partial charge in [-0.05, 0) is 48.8 Å². The first-order chi connectivity index (χ1) is 9.67. The van der Waals surface area contributed by atoms with Gasteiger partial charge in [0.25, 0.3) is 0 Å². The van der Waals surface area contributed by atoms with Gasteiger partial charge >= 0.3 is 5.97 Å². The summed E-state index contributed by atoms with van der Waals surface area (Å²) in [6.45, 7) is 0.848. The maximum absolute atomic E-state index is 10.8. The molecule has 3 rings (SSSR count). The third-order valence-corrected chi connectivity index (χ3v) is 5.07. The van der Waals surface area contributed by atoms with Gasteiger partial charge in [0.05, 0.1) is 5.56 Å². The lowest BCUT2D eigenvalue weighted by atomic mass is 9.58. The SMILES string of the molecule is O=C(O)c1ccc(CNC2CC3(CCCCC3)C2)cc1. The third-order valence-electron chi connectivity index (χ3n) is 5.07. The Balaban J connectivity index is 1.45. The molecule has 108 valence electrons. The molecule has 1 spiro atoms. The fraction of sp³-hybridized carbons (Fsp3) is 0.588. The monoisotopic (exact) mass is 273 g/mol. The summed E-state index contributed by atoms with van der Waals surface area (Å²) >= 11 is 0. The summed E-state index contributed by atoms with van der Waals surface area (Å²) in [5.74, 6) is -0.859. The molecule has 0 atom stereocenters. The summed E-state index contributed by atoms with van der Waals surface area (Å²) in [5.41, 5.74) is 2.20. The van der Waals surface area contributed by atoms with Crippen LogP contribution in [-0.4, -0.2) is 17.1 Å². The third kappa shape index (κ3) is 2.88. The molecule has 3 heteroatoms. The lowest BCUT2D eigenvalue weighted by Gasteiger charge is -2.50. The summed E-state index contributed by atoms with van der Waals surface area (Å²) in [6, 6.07) is 7.84. The summed E-state index contributed by atoms with van der Waals surface area (Å²) in [5, 5.41) is 12.5. The van der Waals surface area contributed by atoms with Crippen LogP contribution >= 0.6 is 0 Å². The van der Waals surface area contributed by atoms with Crippen LogP contribution in [-0.2, 0) is 6.54 Å². The average molecular weight is 273 g/mol. The van der Waals surface area contributed by atoms with Crippen molar-refractivity contribution in [3.8, 4) is 0 Å². The quantitative estimate of drug-likeness (QED) is 0.881. The predicted octanol–water partition coefficient (Wildman–Crippen LogP) is 3.59. The molecule has 0 amide bonds. The lowest BCUT2D eigenvalue weighted by Crippen LogP contribution is -2.49. The van der Waals surface area contributed by atoms with Gasteiger partial charge in [-0.25, -0.2) is 4.79 Å². The smallest absolute Gasteiger partial charge is 0.335 e. The van der Waals surface area contributed by atoms with E-state index in [1.54, 1.807) is 12.1 Å². The molecule has 0 unspecified atom stereocenters. The van der Waals surface area contributed by atoms with E-state index in [9.17, 15) is 4.79 Å². The highest BCUT2D eigenvalue weighted by atomic mass is 16.4. The molecule has 2 aliphatic rings. The standard InChI is InChI=1S/C17H23NO2/c19-16(20)14-6-4-13(5-7-14)12-18-15-10-17(11-15)8-2-1-3-9-17/h4-7,15,18H,1-3,8-12H2,(H,19,20). The maximum Gasteiger partial charge on any atom is 0.335 e. The Morgan fingerprint density at radius 1 is 1.15 bits per heavy atom. The summed E-state index contributed by atoms with van der Waals surface area (Å²) in [6.07, 6.45) is 9.79. The molecule has 20 heavy (non-hydrogen) atoms. The topological polar surface area (TPSA) is 49.3 Å². The van der Waals surface area contributed by atoms with Crippen molar-refractivity contribution in [3.05, 3.63) is 35.4 Å². The molecule has 2 fully saturated rings. The Kier molecular flexibility index (Phi) is 3.79. The van der Waals surface area contributed by atoms with Crippen LogP contribution < -0.4 is 5.32 Å². The van der Waals surface area contributed by atoms with E-state index < -0.39 is 5.97 Å². The second-order valence-corrected chi connectivity index (χ2v) is 6.55. The highest BCUT2D eigenvalue weighted by molar-refractivity contribution is 5.87. The molecule has 2 aliphatic carbocycles. The van der Waals surface area contributed by atoms with Gasteiger partial charge in [-0.1, -0.05) is 31.4 Å². The van der Waals surface area contributed by atoms with Crippen LogP contribution in [0.3, 0.4) is 0 Å². The molecule has 1 aromatic rings. The fourth-order valence-electron chi connectivity index (χ4n) is 3.87. The van der Waals surface area contributed by atoms with Crippen LogP contribution in [0.2, 0.25) is 0 Å². The lowest BCUT2D eigenvalue weighted by molar-refractivity contribution is 0.0379. The number of nitrogens with one attached hydrogen (secondary N) is 1. The Bertz CT molecular complexity index is 466. The van der Waals surface area contributed by atoms with Gasteiger partial charge in [0.1, 0.15) is 0 Å². The molecule has 3 nitrogen and oxygen atoms in total. The van der Waals surface area contributed by atoms with Crippen molar-refractivity contribution < 1.29 is 9.90 Å². The molecule has 0 bridgehead atoms. The van der Waals surface area contributed by atoms with Crippen LogP contribution in [0.4, 0.5) is 0 Å². The van der Waals surface area contributed by atoms with Gasteiger partial charge in [0.15, 0.2) is 0 Å². The van der Waals surface area contributed by atoms with E-state index >= 15 is 0 Å². The van der Waals surface area contributed by atoms with Crippen molar-refractivity contribution in [2.45, 2.75) is 57.5 Å². The van der Waals surface area contributed by atoms with Crippen molar-refractivity contribution in [3.63, 3.8) is 0 Å². The van der Waals surface area contributed by atoms with Crippen molar-refractivity contribution in [2.24, 2.45) is 5.41 Å². The molecule has 1 aromatic carbocycles. The van der Waals surface area contributed by atoms with E-state index in [1.807, 2.05) is 12.1 Å². The van der Waals surface area contributed by atoms with Gasteiger partial charge < -0.3 is 10.4 Å². The van der Waals surface area contributed by atoms with E-state index in [0.29, 0.717) is 17.0 Å². The minimum atomic E-state index is -0.859. The van der Waals surface area contributed by atoms with Crippen LogP contribution in [0.15, 0.2) is 24.3 Å². The Labute approximate surface area is 120 Å². The van der Waals surface area contributed by atoms with Crippen LogP contribution in [0.25, 0.3) is 0 Å². The van der Waals surface area contributed by atoms with Crippen molar-refractivity contribution >= 4 is 5.97 Å². The number of carboxylic acid groups (broad SMARTS) is 1. The zero-order chi connectivity index (χ0) is 14.0. The molecule has 0 aliphatic heterocycles. The number of aromatic carboxylic acids is 1. The summed E-state index contributed by atoms with van der Waals surface area (Å²) in [7, 11) is 0.